The molecule has 4 rings (SSSR count). The molecule has 4 aromatic rings. The summed E-state index contributed by atoms with van der Waals surface area (Å²) in [4.78, 5) is 16.6. The number of nitrogens with zero attached hydrogens (tertiary/aromatic N) is 5. The summed E-state index contributed by atoms with van der Waals surface area (Å²) in [6, 6.07) is 15.4. The van der Waals surface area contributed by atoms with Crippen LogP contribution in [0.25, 0.3) is 5.69 Å². The molecule has 0 spiro atoms. The highest BCUT2D eigenvalue weighted by atomic mass is 32.2. The number of carbonyl (C=O) groups excluding carboxylic acids is 1. The lowest BCUT2D eigenvalue weighted by Crippen LogP contribution is -2.14. The van der Waals surface area contributed by atoms with Crippen LogP contribution in [0.4, 0.5) is 5.69 Å². The Kier molecular flexibility index (Phi) is 6.32. The van der Waals surface area contributed by atoms with Gasteiger partial charge in [-0.3, -0.25) is 9.36 Å². The molecule has 1 amide bonds. The molecule has 0 radical (unpaired) electrons. The summed E-state index contributed by atoms with van der Waals surface area (Å²) < 4.78 is 9.10. The smallest absolute Gasteiger partial charge is 0.234 e. The van der Waals surface area contributed by atoms with E-state index >= 15 is 0 Å². The topological polar surface area (TPSA) is 86.9 Å². The summed E-state index contributed by atoms with van der Waals surface area (Å²) in [6.45, 7) is 2.72. The predicted molar refractivity (Wildman–Crippen MR) is 120 cm³/mol. The SMILES string of the molecule is COc1ccc(-n2cnnc2SCC(=O)Nc2ccc(Cn3ccnc3C)cc2)cc1. The molecule has 2 aromatic carbocycles. The average molecular weight is 435 g/mol. The third-order valence-corrected chi connectivity index (χ3v) is 5.66. The van der Waals surface area contributed by atoms with Crippen LogP contribution in [0.3, 0.4) is 0 Å². The molecule has 1 N–H and O–H groups in total. The third kappa shape index (κ3) is 5.13. The van der Waals surface area contributed by atoms with Crippen molar-refractivity contribution < 1.29 is 9.53 Å². The Morgan fingerprint density at radius 3 is 2.58 bits per heavy atom. The van der Waals surface area contributed by atoms with Crippen LogP contribution in [0.1, 0.15) is 11.4 Å². The number of nitrogens with one attached hydrogen (secondary N) is 1. The lowest BCUT2D eigenvalue weighted by Gasteiger charge is -2.09. The molecule has 0 atom stereocenters. The first-order valence-electron chi connectivity index (χ1n) is 9.66. The van der Waals surface area contributed by atoms with Gasteiger partial charge < -0.3 is 14.6 Å². The number of anilines is 1. The molecule has 0 saturated heterocycles. The number of rotatable bonds is 8. The number of carbonyl (C=O) groups is 1. The fourth-order valence-electron chi connectivity index (χ4n) is 3.03. The zero-order chi connectivity index (χ0) is 21.6. The van der Waals surface area contributed by atoms with E-state index in [9.17, 15) is 4.79 Å². The minimum absolute atomic E-state index is 0.104. The van der Waals surface area contributed by atoms with Crippen molar-refractivity contribution in [2.45, 2.75) is 18.6 Å². The molecule has 2 aromatic heterocycles. The first kappa shape index (κ1) is 20.7. The Morgan fingerprint density at radius 2 is 1.90 bits per heavy atom. The van der Waals surface area contributed by atoms with E-state index < -0.39 is 0 Å². The van der Waals surface area contributed by atoms with E-state index in [2.05, 4.69) is 25.1 Å². The Labute approximate surface area is 184 Å². The first-order chi connectivity index (χ1) is 15.1. The third-order valence-electron chi connectivity index (χ3n) is 4.71. The molecule has 8 nitrogen and oxygen atoms in total. The van der Waals surface area contributed by atoms with Crippen molar-refractivity contribution in [3.05, 3.63) is 78.6 Å². The van der Waals surface area contributed by atoms with Crippen molar-refractivity contribution in [3.8, 4) is 11.4 Å². The van der Waals surface area contributed by atoms with Crippen molar-refractivity contribution in [1.29, 1.82) is 0 Å². The lowest BCUT2D eigenvalue weighted by atomic mass is 10.2. The number of amides is 1. The highest BCUT2D eigenvalue weighted by Gasteiger charge is 2.11. The van der Waals surface area contributed by atoms with Gasteiger partial charge in [0.1, 0.15) is 17.9 Å². The molecular formula is C22H22N6O2S. The maximum Gasteiger partial charge on any atom is 0.234 e. The van der Waals surface area contributed by atoms with Gasteiger partial charge in [0.15, 0.2) is 5.16 Å². The molecule has 0 aliphatic heterocycles. The number of methoxy groups -OCH3 is 1. The van der Waals surface area contributed by atoms with E-state index in [1.807, 2.05) is 66.2 Å². The maximum absolute atomic E-state index is 12.4. The van der Waals surface area contributed by atoms with Crippen molar-refractivity contribution in [2.24, 2.45) is 0 Å². The largest absolute Gasteiger partial charge is 0.497 e. The summed E-state index contributed by atoms with van der Waals surface area (Å²) in [7, 11) is 1.63. The van der Waals surface area contributed by atoms with Crippen LogP contribution in [0.5, 0.6) is 5.75 Å². The predicted octanol–water partition coefficient (Wildman–Crippen LogP) is 3.56. The number of imidazole rings is 1. The van der Waals surface area contributed by atoms with Crippen molar-refractivity contribution in [2.75, 3.05) is 18.2 Å². The van der Waals surface area contributed by atoms with Crippen molar-refractivity contribution in [1.82, 2.24) is 24.3 Å². The zero-order valence-electron chi connectivity index (χ0n) is 17.2. The van der Waals surface area contributed by atoms with Gasteiger partial charge in [0.25, 0.3) is 0 Å². The number of benzene rings is 2. The van der Waals surface area contributed by atoms with Crippen molar-refractivity contribution >= 4 is 23.4 Å². The highest BCUT2D eigenvalue weighted by Crippen LogP contribution is 2.22. The molecule has 158 valence electrons. The standard InChI is InChI=1S/C22H22N6O2S/c1-16-23-11-12-27(16)13-17-3-5-18(6-4-17)25-21(29)14-31-22-26-24-15-28(22)19-7-9-20(30-2)10-8-19/h3-12,15H,13-14H2,1-2H3,(H,25,29). The average Bonchev–Trinajstić information content (AvgIpc) is 3.43. The summed E-state index contributed by atoms with van der Waals surface area (Å²) in [5.41, 5.74) is 2.80. The van der Waals surface area contributed by atoms with Gasteiger partial charge in [-0.1, -0.05) is 23.9 Å². The number of thioether (sulfide) groups is 1. The number of aryl methyl sites for hydroxylation is 1. The Bertz CT molecular complexity index is 1150. The molecule has 0 bridgehead atoms. The van der Waals surface area contributed by atoms with E-state index in [0.717, 1.165) is 35.1 Å². The van der Waals surface area contributed by atoms with Gasteiger partial charge in [-0.2, -0.15) is 0 Å². The van der Waals surface area contributed by atoms with Crippen molar-refractivity contribution in [3.63, 3.8) is 0 Å². The fraction of sp³-hybridized carbons (Fsp3) is 0.182. The van der Waals surface area contributed by atoms with Crippen LogP contribution in [0, 0.1) is 6.92 Å². The molecule has 2 heterocycles. The van der Waals surface area contributed by atoms with E-state index in [-0.39, 0.29) is 11.7 Å². The van der Waals surface area contributed by atoms with Gasteiger partial charge in [-0.15, -0.1) is 10.2 Å². The second kappa shape index (κ2) is 9.48. The molecule has 0 saturated carbocycles. The van der Waals surface area contributed by atoms with Crippen LogP contribution >= 0.6 is 11.8 Å². The number of hydrogen-bond donors (Lipinski definition) is 1. The molecule has 0 fully saturated rings. The Hall–Kier alpha value is -3.59. The van der Waals surface area contributed by atoms with Gasteiger partial charge in [-0.05, 0) is 48.9 Å². The Balaban J connectivity index is 1.32. The van der Waals surface area contributed by atoms with Crippen LogP contribution < -0.4 is 10.1 Å². The highest BCUT2D eigenvalue weighted by molar-refractivity contribution is 7.99. The van der Waals surface area contributed by atoms with E-state index in [1.54, 1.807) is 19.6 Å². The molecular weight excluding hydrogens is 412 g/mol. The van der Waals surface area contributed by atoms with Crippen LogP contribution in [-0.4, -0.2) is 43.1 Å². The van der Waals surface area contributed by atoms with Crippen LogP contribution in [0.2, 0.25) is 0 Å². The lowest BCUT2D eigenvalue weighted by molar-refractivity contribution is -0.113. The van der Waals surface area contributed by atoms with E-state index in [0.29, 0.717) is 5.16 Å². The maximum atomic E-state index is 12.4. The van der Waals surface area contributed by atoms with Crippen LogP contribution in [0.15, 0.2) is 72.4 Å². The van der Waals surface area contributed by atoms with Crippen LogP contribution in [-0.2, 0) is 11.3 Å². The quantitative estimate of drug-likeness (QED) is 0.427. The van der Waals surface area contributed by atoms with E-state index in [1.165, 1.54) is 11.8 Å². The van der Waals surface area contributed by atoms with Gasteiger partial charge in [-0.25, -0.2) is 4.98 Å². The van der Waals surface area contributed by atoms with Gasteiger partial charge in [0, 0.05) is 30.3 Å². The van der Waals surface area contributed by atoms with E-state index in [4.69, 9.17) is 4.74 Å². The molecule has 0 aliphatic rings. The number of hydrogen-bond acceptors (Lipinski definition) is 6. The zero-order valence-corrected chi connectivity index (χ0v) is 18.0. The van der Waals surface area contributed by atoms with Gasteiger partial charge >= 0.3 is 0 Å². The fourth-order valence-corrected chi connectivity index (χ4v) is 3.76. The van der Waals surface area contributed by atoms with Gasteiger partial charge in [0.05, 0.1) is 12.9 Å². The second-order valence-electron chi connectivity index (χ2n) is 6.82. The van der Waals surface area contributed by atoms with Gasteiger partial charge in [0.2, 0.25) is 5.91 Å². The first-order valence-corrected chi connectivity index (χ1v) is 10.6. The summed E-state index contributed by atoms with van der Waals surface area (Å²) in [5, 5.41) is 11.7. The molecule has 9 heteroatoms. The summed E-state index contributed by atoms with van der Waals surface area (Å²) in [6.07, 6.45) is 5.37. The summed E-state index contributed by atoms with van der Waals surface area (Å²) in [5.74, 6) is 1.87. The normalized spacial score (nSPS) is 10.8. The number of ether oxygens (including phenoxy) is 1. The minimum atomic E-state index is -0.104. The monoisotopic (exact) mass is 434 g/mol. The Morgan fingerprint density at radius 1 is 1.13 bits per heavy atom. The molecule has 0 unspecified atom stereocenters. The number of aromatic nitrogens is 5. The molecule has 0 aliphatic carbocycles. The molecule has 31 heavy (non-hydrogen) atoms. The summed E-state index contributed by atoms with van der Waals surface area (Å²) >= 11 is 1.33. The second-order valence-corrected chi connectivity index (χ2v) is 7.76. The minimum Gasteiger partial charge on any atom is -0.497 e.